The van der Waals surface area contributed by atoms with Crippen LogP contribution in [0.25, 0.3) is 0 Å². The Morgan fingerprint density at radius 1 is 1.53 bits per heavy atom. The van der Waals surface area contributed by atoms with Crippen molar-refractivity contribution in [3.63, 3.8) is 0 Å². The summed E-state index contributed by atoms with van der Waals surface area (Å²) < 4.78 is 6.51. The molecule has 15 heavy (non-hydrogen) atoms. The quantitative estimate of drug-likeness (QED) is 0.827. The first kappa shape index (κ1) is 10.6. The van der Waals surface area contributed by atoms with Gasteiger partial charge in [0.15, 0.2) is 0 Å². The summed E-state index contributed by atoms with van der Waals surface area (Å²) in [6, 6.07) is 2.19. The van der Waals surface area contributed by atoms with Crippen LogP contribution in [0.3, 0.4) is 0 Å². The molecule has 0 amide bonds. The summed E-state index contributed by atoms with van der Waals surface area (Å²) in [7, 11) is 0. The van der Waals surface area contributed by atoms with Crippen molar-refractivity contribution in [2.75, 3.05) is 6.61 Å². The highest BCUT2D eigenvalue weighted by Gasteiger charge is 2.23. The van der Waals surface area contributed by atoms with Gasteiger partial charge in [-0.2, -0.15) is 0 Å². The SMILES string of the molecule is CC(C)[C@@H]1COC(c2ccncc2Br)=N1. The fourth-order valence-corrected chi connectivity index (χ4v) is 1.85. The highest BCUT2D eigenvalue weighted by Crippen LogP contribution is 2.22. The summed E-state index contributed by atoms with van der Waals surface area (Å²) in [5, 5.41) is 0. The van der Waals surface area contributed by atoms with E-state index in [4.69, 9.17) is 4.74 Å². The van der Waals surface area contributed by atoms with Gasteiger partial charge < -0.3 is 4.74 Å². The first-order valence-electron chi connectivity index (χ1n) is 4.99. The van der Waals surface area contributed by atoms with Crippen molar-refractivity contribution >= 4 is 21.8 Å². The van der Waals surface area contributed by atoms with Gasteiger partial charge in [-0.3, -0.25) is 4.98 Å². The minimum absolute atomic E-state index is 0.278. The Kier molecular flexibility index (Phi) is 3.05. The molecule has 0 unspecified atom stereocenters. The number of halogens is 1. The molecule has 3 nitrogen and oxygen atoms in total. The minimum Gasteiger partial charge on any atom is -0.475 e. The summed E-state index contributed by atoms with van der Waals surface area (Å²) in [5.41, 5.74) is 0.980. The molecule has 1 aliphatic heterocycles. The molecule has 0 radical (unpaired) electrons. The van der Waals surface area contributed by atoms with Crippen molar-refractivity contribution in [3.8, 4) is 0 Å². The Bertz CT molecular complexity index is 390. The van der Waals surface area contributed by atoms with E-state index in [1.54, 1.807) is 12.4 Å². The average Bonchev–Trinajstić information content (AvgIpc) is 2.67. The Balaban J connectivity index is 2.27. The Labute approximate surface area is 97.7 Å². The number of hydrogen-bond donors (Lipinski definition) is 0. The highest BCUT2D eigenvalue weighted by molar-refractivity contribution is 9.10. The Hall–Kier alpha value is -0.900. The van der Waals surface area contributed by atoms with Crippen LogP contribution in [0.4, 0.5) is 0 Å². The summed E-state index contributed by atoms with van der Waals surface area (Å²) in [4.78, 5) is 8.57. The summed E-state index contributed by atoms with van der Waals surface area (Å²) >= 11 is 3.44. The van der Waals surface area contributed by atoms with E-state index in [9.17, 15) is 0 Å². The molecule has 2 rings (SSSR count). The van der Waals surface area contributed by atoms with Crippen LogP contribution in [0.1, 0.15) is 19.4 Å². The number of hydrogen-bond acceptors (Lipinski definition) is 3. The van der Waals surface area contributed by atoms with Crippen LogP contribution in [0.15, 0.2) is 27.9 Å². The van der Waals surface area contributed by atoms with E-state index in [1.165, 1.54) is 0 Å². The molecular weight excluding hydrogens is 256 g/mol. The van der Waals surface area contributed by atoms with Gasteiger partial charge >= 0.3 is 0 Å². The zero-order chi connectivity index (χ0) is 10.8. The van der Waals surface area contributed by atoms with Crippen LogP contribution < -0.4 is 0 Å². The smallest absolute Gasteiger partial charge is 0.217 e. The van der Waals surface area contributed by atoms with E-state index in [2.05, 4.69) is 39.8 Å². The molecule has 1 atom stereocenters. The van der Waals surface area contributed by atoms with Crippen LogP contribution in [0.5, 0.6) is 0 Å². The molecule has 80 valence electrons. The highest BCUT2D eigenvalue weighted by atomic mass is 79.9. The van der Waals surface area contributed by atoms with Crippen molar-refractivity contribution in [2.45, 2.75) is 19.9 Å². The maximum absolute atomic E-state index is 5.59. The van der Waals surface area contributed by atoms with E-state index in [1.807, 2.05) is 6.07 Å². The zero-order valence-corrected chi connectivity index (χ0v) is 10.4. The molecule has 0 aliphatic carbocycles. The van der Waals surface area contributed by atoms with E-state index < -0.39 is 0 Å². The van der Waals surface area contributed by atoms with Gasteiger partial charge in [0.25, 0.3) is 0 Å². The average molecular weight is 269 g/mol. The first-order valence-corrected chi connectivity index (χ1v) is 5.78. The summed E-state index contributed by atoms with van der Waals surface area (Å²) in [6.07, 6.45) is 3.50. The molecule has 0 N–H and O–H groups in total. The van der Waals surface area contributed by atoms with Crippen molar-refractivity contribution < 1.29 is 4.74 Å². The van der Waals surface area contributed by atoms with Crippen LogP contribution >= 0.6 is 15.9 Å². The van der Waals surface area contributed by atoms with E-state index in [-0.39, 0.29) is 6.04 Å². The third kappa shape index (κ3) is 2.20. The fourth-order valence-electron chi connectivity index (χ4n) is 1.43. The molecular formula is C11H13BrN2O. The second-order valence-corrected chi connectivity index (χ2v) is 4.77. The van der Waals surface area contributed by atoms with Gasteiger partial charge in [0, 0.05) is 16.9 Å². The van der Waals surface area contributed by atoms with Crippen molar-refractivity contribution in [1.82, 2.24) is 4.98 Å². The molecule has 0 saturated heterocycles. The lowest BCUT2D eigenvalue weighted by atomic mass is 10.1. The third-order valence-electron chi connectivity index (χ3n) is 2.45. The number of rotatable bonds is 2. The predicted molar refractivity (Wildman–Crippen MR) is 63.1 cm³/mol. The van der Waals surface area contributed by atoms with Gasteiger partial charge in [0.1, 0.15) is 6.61 Å². The molecule has 0 fully saturated rings. The van der Waals surface area contributed by atoms with Crippen LogP contribution in [-0.4, -0.2) is 23.5 Å². The maximum Gasteiger partial charge on any atom is 0.217 e. The van der Waals surface area contributed by atoms with Gasteiger partial charge in [0.05, 0.1) is 11.6 Å². The minimum atomic E-state index is 0.278. The lowest BCUT2D eigenvalue weighted by Crippen LogP contribution is -2.13. The Morgan fingerprint density at radius 2 is 2.33 bits per heavy atom. The van der Waals surface area contributed by atoms with Crippen molar-refractivity contribution in [3.05, 3.63) is 28.5 Å². The van der Waals surface area contributed by atoms with Crippen LogP contribution in [0, 0.1) is 5.92 Å². The molecule has 1 aromatic rings. The lowest BCUT2D eigenvalue weighted by molar-refractivity contribution is 0.291. The monoisotopic (exact) mass is 268 g/mol. The normalized spacial score (nSPS) is 20.3. The predicted octanol–water partition coefficient (Wildman–Crippen LogP) is 2.65. The number of nitrogens with zero attached hydrogens (tertiary/aromatic N) is 2. The van der Waals surface area contributed by atoms with Crippen LogP contribution in [0.2, 0.25) is 0 Å². The zero-order valence-electron chi connectivity index (χ0n) is 8.77. The number of aromatic nitrogens is 1. The summed E-state index contributed by atoms with van der Waals surface area (Å²) in [5.74, 6) is 1.24. The number of pyridine rings is 1. The van der Waals surface area contributed by atoms with Gasteiger partial charge in [0.2, 0.25) is 5.90 Å². The number of aliphatic imine (C=N–C) groups is 1. The first-order chi connectivity index (χ1) is 7.18. The van der Waals surface area contributed by atoms with Crippen LogP contribution in [-0.2, 0) is 4.74 Å². The fraction of sp³-hybridized carbons (Fsp3) is 0.455. The standard InChI is InChI=1S/C11H13BrN2O/c1-7(2)10-6-15-11(14-10)8-3-4-13-5-9(8)12/h3-5,7,10H,6H2,1-2H3/t10-/m0/s1. The van der Waals surface area contributed by atoms with E-state index in [0.717, 1.165) is 15.9 Å². The third-order valence-corrected chi connectivity index (χ3v) is 3.08. The van der Waals surface area contributed by atoms with Crippen molar-refractivity contribution in [1.29, 1.82) is 0 Å². The molecule has 0 saturated carbocycles. The molecule has 2 heterocycles. The molecule has 0 bridgehead atoms. The van der Waals surface area contributed by atoms with E-state index >= 15 is 0 Å². The lowest BCUT2D eigenvalue weighted by Gasteiger charge is -2.06. The molecule has 1 aromatic heterocycles. The van der Waals surface area contributed by atoms with Gasteiger partial charge in [-0.1, -0.05) is 13.8 Å². The van der Waals surface area contributed by atoms with Gasteiger partial charge in [-0.25, -0.2) is 4.99 Å². The van der Waals surface area contributed by atoms with Gasteiger partial charge in [-0.15, -0.1) is 0 Å². The topological polar surface area (TPSA) is 34.5 Å². The molecule has 1 aliphatic rings. The second-order valence-electron chi connectivity index (χ2n) is 3.91. The number of ether oxygens (including phenoxy) is 1. The largest absolute Gasteiger partial charge is 0.475 e. The van der Waals surface area contributed by atoms with Crippen molar-refractivity contribution in [2.24, 2.45) is 10.9 Å². The second kappa shape index (κ2) is 4.31. The summed E-state index contributed by atoms with van der Waals surface area (Å²) in [6.45, 7) is 4.99. The Morgan fingerprint density at radius 3 is 2.93 bits per heavy atom. The van der Waals surface area contributed by atoms with E-state index in [0.29, 0.717) is 12.5 Å². The maximum atomic E-state index is 5.59. The molecule has 4 heteroatoms. The molecule has 0 spiro atoms. The molecule has 0 aromatic carbocycles. The van der Waals surface area contributed by atoms with Gasteiger partial charge in [-0.05, 0) is 27.9 Å².